The molecule has 3 aliphatic heterocycles. The van der Waals surface area contributed by atoms with Gasteiger partial charge in [0.05, 0.1) is 35.5 Å². The Morgan fingerprint density at radius 1 is 0.977 bits per heavy atom. The molecule has 0 saturated carbocycles. The average Bonchev–Trinajstić information content (AvgIpc) is 3.59. The smallest absolute Gasteiger partial charge is 0.212 e. The fraction of sp³-hybridized carbons (Fsp3) is 0.361. The molecular weight excluding hydrogens is 591 g/mol. The number of halogens is 2. The van der Waals surface area contributed by atoms with Crippen molar-refractivity contribution in [3.8, 4) is 28.0 Å². The quantitative estimate of drug-likeness (QED) is 0.299. The average molecular weight is 630 g/mol. The van der Waals surface area contributed by atoms with Crippen molar-refractivity contribution < 1.29 is 9.47 Å². The first-order valence-corrected chi connectivity index (χ1v) is 16.1. The molecule has 2 N–H and O–H groups in total. The number of hydrogen-bond acceptors (Lipinski definition) is 6. The van der Waals surface area contributed by atoms with Crippen molar-refractivity contribution in [2.45, 2.75) is 44.2 Å². The van der Waals surface area contributed by atoms with E-state index in [1.165, 1.54) is 11.1 Å². The third-order valence-corrected chi connectivity index (χ3v) is 10.3. The van der Waals surface area contributed by atoms with Crippen molar-refractivity contribution >= 4 is 34.8 Å². The van der Waals surface area contributed by atoms with Gasteiger partial charge in [-0.15, -0.1) is 0 Å². The first-order valence-electron chi connectivity index (χ1n) is 15.3. The number of fused-ring (bicyclic) bond motifs is 1. The van der Waals surface area contributed by atoms with Crippen molar-refractivity contribution in [2.24, 2.45) is 10.9 Å². The van der Waals surface area contributed by atoms with Crippen LogP contribution in [0.2, 0.25) is 10.0 Å². The topological polar surface area (TPSA) is 58.1 Å². The molecule has 0 aromatic heterocycles. The van der Waals surface area contributed by atoms with E-state index in [1.54, 1.807) is 14.2 Å². The maximum atomic E-state index is 7.16. The SMILES string of the molecule is C=C1CCC2(CN(CC3NC=C(c4cccc(-c5cccc(-c6cc7c(c(OC)c6)CC(C)C7)c5Cl)c4Cl)N=C3OC)C2)N1. The monoisotopic (exact) mass is 628 g/mol. The number of ether oxygens (including phenoxy) is 2. The van der Waals surface area contributed by atoms with Crippen LogP contribution in [0.3, 0.4) is 0 Å². The van der Waals surface area contributed by atoms with E-state index in [1.807, 2.05) is 36.5 Å². The molecule has 0 amide bonds. The van der Waals surface area contributed by atoms with E-state index in [0.29, 0.717) is 21.9 Å². The van der Waals surface area contributed by atoms with Gasteiger partial charge in [-0.1, -0.05) is 79.2 Å². The molecule has 4 aliphatic rings. The number of aliphatic imine (C=N–C) groups is 1. The highest BCUT2D eigenvalue weighted by Gasteiger charge is 2.46. The molecule has 228 valence electrons. The number of rotatable bonds is 6. The maximum absolute atomic E-state index is 7.16. The largest absolute Gasteiger partial charge is 0.496 e. The zero-order valence-corrected chi connectivity index (χ0v) is 27.0. The van der Waals surface area contributed by atoms with Crippen LogP contribution in [0.4, 0.5) is 0 Å². The lowest BCUT2D eigenvalue weighted by Gasteiger charge is -2.49. The number of methoxy groups -OCH3 is 2. The molecule has 1 spiro atoms. The Balaban J connectivity index is 1.14. The molecule has 0 radical (unpaired) electrons. The predicted octanol–water partition coefficient (Wildman–Crippen LogP) is 7.34. The van der Waals surface area contributed by atoms with E-state index in [9.17, 15) is 0 Å². The summed E-state index contributed by atoms with van der Waals surface area (Å²) in [5.41, 5.74) is 9.26. The first kappa shape index (κ1) is 29.3. The van der Waals surface area contributed by atoms with Crippen LogP contribution in [0.5, 0.6) is 5.75 Å². The molecule has 6 nitrogen and oxygen atoms in total. The molecule has 3 aromatic rings. The summed E-state index contributed by atoms with van der Waals surface area (Å²) in [6.45, 7) is 9.20. The summed E-state index contributed by atoms with van der Waals surface area (Å²) in [5, 5.41) is 8.36. The molecule has 2 atom stereocenters. The highest BCUT2D eigenvalue weighted by atomic mass is 35.5. The first-order chi connectivity index (χ1) is 21.3. The van der Waals surface area contributed by atoms with E-state index >= 15 is 0 Å². The highest BCUT2D eigenvalue weighted by molar-refractivity contribution is 6.39. The zero-order valence-electron chi connectivity index (χ0n) is 25.5. The summed E-state index contributed by atoms with van der Waals surface area (Å²) in [4.78, 5) is 7.34. The van der Waals surface area contributed by atoms with E-state index < -0.39 is 0 Å². The molecule has 3 heterocycles. The van der Waals surface area contributed by atoms with Gasteiger partial charge in [-0.25, -0.2) is 4.99 Å². The molecule has 7 rings (SSSR count). The Labute approximate surface area is 269 Å². The summed E-state index contributed by atoms with van der Waals surface area (Å²) in [7, 11) is 3.42. The fourth-order valence-electron chi connectivity index (χ4n) is 7.41. The van der Waals surface area contributed by atoms with E-state index in [2.05, 4.69) is 47.2 Å². The lowest BCUT2D eigenvalue weighted by molar-refractivity contribution is 0.0540. The lowest BCUT2D eigenvalue weighted by atomic mass is 9.88. The number of hydrogen-bond donors (Lipinski definition) is 2. The number of benzene rings is 3. The van der Waals surface area contributed by atoms with Crippen LogP contribution in [-0.4, -0.2) is 56.2 Å². The third-order valence-electron chi connectivity index (χ3n) is 9.52. The van der Waals surface area contributed by atoms with Gasteiger partial charge in [0, 0.05) is 53.8 Å². The van der Waals surface area contributed by atoms with Gasteiger partial charge >= 0.3 is 0 Å². The minimum atomic E-state index is -0.0360. The fourth-order valence-corrected chi connectivity index (χ4v) is 8.07. The standard InChI is InChI=1S/C36H38Cl2N4O2/c1-21-13-23-15-24(16-32(43-3)29(23)14-21)25-7-5-8-26(33(25)37)27-9-6-10-28(34(27)38)30-17-39-31(35(40-30)44-4)18-42-19-36(20-42)12-11-22(2)41-36/h5-10,15-17,21,31,39,41H,2,11-14,18-20H2,1,3-4H3. The van der Waals surface area contributed by atoms with Gasteiger partial charge in [-0.05, 0) is 54.4 Å². The van der Waals surface area contributed by atoms with E-state index in [4.69, 9.17) is 37.7 Å². The Bertz CT molecular complexity index is 1710. The van der Waals surface area contributed by atoms with Gasteiger partial charge in [0.2, 0.25) is 5.90 Å². The molecular formula is C36H38Cl2N4O2. The third kappa shape index (κ3) is 5.17. The summed E-state index contributed by atoms with van der Waals surface area (Å²) in [5.74, 6) is 2.18. The summed E-state index contributed by atoms with van der Waals surface area (Å²) in [6, 6.07) is 16.4. The lowest BCUT2D eigenvalue weighted by Crippen LogP contribution is -2.68. The second-order valence-corrected chi connectivity index (χ2v) is 13.5. The van der Waals surface area contributed by atoms with Gasteiger partial charge in [-0.2, -0.15) is 0 Å². The Morgan fingerprint density at radius 3 is 2.36 bits per heavy atom. The minimum absolute atomic E-state index is 0.0360. The Hall–Kier alpha value is -3.45. The summed E-state index contributed by atoms with van der Waals surface area (Å²) < 4.78 is 11.6. The molecule has 2 unspecified atom stereocenters. The van der Waals surface area contributed by atoms with Gasteiger partial charge in [0.25, 0.3) is 0 Å². The molecule has 0 bridgehead atoms. The maximum Gasteiger partial charge on any atom is 0.212 e. The van der Waals surface area contributed by atoms with Crippen LogP contribution in [0, 0.1) is 5.92 Å². The van der Waals surface area contributed by atoms with Crippen LogP contribution >= 0.6 is 23.2 Å². The van der Waals surface area contributed by atoms with Crippen LogP contribution in [0.15, 0.2) is 72.0 Å². The van der Waals surface area contributed by atoms with Crippen molar-refractivity contribution in [3.63, 3.8) is 0 Å². The second-order valence-electron chi connectivity index (χ2n) is 12.7. The number of nitrogens with one attached hydrogen (secondary N) is 2. The minimum Gasteiger partial charge on any atom is -0.496 e. The van der Waals surface area contributed by atoms with Crippen molar-refractivity contribution in [2.75, 3.05) is 33.9 Å². The molecule has 44 heavy (non-hydrogen) atoms. The van der Waals surface area contributed by atoms with Crippen LogP contribution in [-0.2, 0) is 17.6 Å². The van der Waals surface area contributed by atoms with E-state index in [-0.39, 0.29) is 11.6 Å². The van der Waals surface area contributed by atoms with Gasteiger partial charge in [0.15, 0.2) is 0 Å². The summed E-state index contributed by atoms with van der Waals surface area (Å²) in [6.07, 6.45) is 6.24. The van der Waals surface area contributed by atoms with Crippen LogP contribution in [0.1, 0.15) is 36.5 Å². The zero-order chi connectivity index (χ0) is 30.6. The molecule has 1 aliphatic carbocycles. The molecule has 2 saturated heterocycles. The van der Waals surface area contributed by atoms with Crippen LogP contribution in [0.25, 0.3) is 28.0 Å². The molecule has 8 heteroatoms. The normalized spacial score (nSPS) is 22.1. The Morgan fingerprint density at radius 2 is 1.68 bits per heavy atom. The number of allylic oxidation sites excluding steroid dienone is 1. The van der Waals surface area contributed by atoms with E-state index in [0.717, 1.165) is 90.3 Å². The van der Waals surface area contributed by atoms with Crippen LogP contribution < -0.4 is 15.4 Å². The highest BCUT2D eigenvalue weighted by Crippen LogP contribution is 2.44. The van der Waals surface area contributed by atoms with Gasteiger partial charge in [-0.3, -0.25) is 4.90 Å². The van der Waals surface area contributed by atoms with Crippen molar-refractivity contribution in [1.82, 2.24) is 15.5 Å². The van der Waals surface area contributed by atoms with Crippen molar-refractivity contribution in [3.05, 3.63) is 93.7 Å². The molecule has 3 aromatic carbocycles. The van der Waals surface area contributed by atoms with Gasteiger partial charge in [0.1, 0.15) is 11.8 Å². The summed E-state index contributed by atoms with van der Waals surface area (Å²) >= 11 is 14.3. The van der Waals surface area contributed by atoms with Crippen molar-refractivity contribution in [1.29, 1.82) is 0 Å². The molecule has 2 fully saturated rings. The Kier molecular flexibility index (Phi) is 7.64. The predicted molar refractivity (Wildman–Crippen MR) is 180 cm³/mol. The second kappa shape index (κ2) is 11.5. The number of likely N-dealkylation sites (tertiary alicyclic amines) is 1. The van der Waals surface area contributed by atoms with Gasteiger partial charge < -0.3 is 20.1 Å². The number of nitrogens with zero attached hydrogens (tertiary/aromatic N) is 2.